The first-order valence-electron chi connectivity index (χ1n) is 5.35. The number of hydrogen-bond acceptors (Lipinski definition) is 6. The molecule has 0 bridgehead atoms. The zero-order chi connectivity index (χ0) is 12.7. The largest absolute Gasteiger partial charge is 0.418 e. The Bertz CT molecular complexity index is 717. The summed E-state index contributed by atoms with van der Waals surface area (Å²) in [6.45, 7) is 3.91. The summed E-state index contributed by atoms with van der Waals surface area (Å²) >= 11 is 1.56. The van der Waals surface area contributed by atoms with E-state index in [9.17, 15) is 0 Å². The number of ether oxygens (including phenoxy) is 1. The van der Waals surface area contributed by atoms with Gasteiger partial charge in [0.1, 0.15) is 4.83 Å². The van der Waals surface area contributed by atoms with Crippen LogP contribution in [-0.4, -0.2) is 20.2 Å². The predicted molar refractivity (Wildman–Crippen MR) is 70.0 cm³/mol. The number of H-pyrrole nitrogens is 1. The van der Waals surface area contributed by atoms with Gasteiger partial charge in [-0.1, -0.05) is 0 Å². The van der Waals surface area contributed by atoms with Gasteiger partial charge in [0, 0.05) is 16.6 Å². The average molecular weight is 261 g/mol. The first-order valence-corrected chi connectivity index (χ1v) is 6.17. The number of thiophene rings is 1. The molecule has 18 heavy (non-hydrogen) atoms. The molecular formula is C11H11N5OS. The molecule has 7 heteroatoms. The molecule has 0 saturated heterocycles. The van der Waals surface area contributed by atoms with Gasteiger partial charge in [-0.2, -0.15) is 4.98 Å². The number of aryl methyl sites for hydroxylation is 2. The number of nitrogens with zero attached hydrogens (tertiary/aromatic N) is 3. The van der Waals surface area contributed by atoms with Crippen LogP contribution in [0.1, 0.15) is 10.6 Å². The molecule has 0 aliphatic rings. The standard InChI is InChI=1S/C11H11N5OS/c1-5-3-8(16-15-5)17-9-7-4-6(2)18-10(7)14-11(12)13-9/h3-4H,1-2H3,(H,15,16)(H2,12,13,14). The van der Waals surface area contributed by atoms with Crippen LogP contribution in [0.25, 0.3) is 10.2 Å². The molecule has 0 aliphatic heterocycles. The van der Waals surface area contributed by atoms with Gasteiger partial charge in [0.05, 0.1) is 5.39 Å². The van der Waals surface area contributed by atoms with E-state index in [-0.39, 0.29) is 5.95 Å². The van der Waals surface area contributed by atoms with Gasteiger partial charge in [0.2, 0.25) is 17.7 Å². The molecule has 3 aromatic rings. The Balaban J connectivity index is 2.10. The lowest BCUT2D eigenvalue weighted by atomic mass is 10.3. The first-order chi connectivity index (χ1) is 8.61. The highest BCUT2D eigenvalue weighted by molar-refractivity contribution is 7.18. The first kappa shape index (κ1) is 11.0. The minimum absolute atomic E-state index is 0.201. The molecule has 0 atom stereocenters. The normalized spacial score (nSPS) is 11.0. The van der Waals surface area contributed by atoms with Crippen LogP contribution in [0.4, 0.5) is 5.95 Å². The number of rotatable bonds is 2. The molecule has 3 N–H and O–H groups in total. The monoisotopic (exact) mass is 261 g/mol. The van der Waals surface area contributed by atoms with Crippen LogP contribution in [-0.2, 0) is 0 Å². The third-order valence-electron chi connectivity index (χ3n) is 2.38. The summed E-state index contributed by atoms with van der Waals surface area (Å²) in [4.78, 5) is 10.3. The summed E-state index contributed by atoms with van der Waals surface area (Å²) < 4.78 is 5.64. The number of hydrogen-bond donors (Lipinski definition) is 2. The molecule has 0 fully saturated rings. The number of aromatic nitrogens is 4. The summed E-state index contributed by atoms with van der Waals surface area (Å²) in [5, 5.41) is 7.67. The van der Waals surface area contributed by atoms with E-state index >= 15 is 0 Å². The smallest absolute Gasteiger partial charge is 0.240 e. The highest BCUT2D eigenvalue weighted by Gasteiger charge is 2.12. The quantitative estimate of drug-likeness (QED) is 0.739. The summed E-state index contributed by atoms with van der Waals surface area (Å²) in [5.41, 5.74) is 6.59. The van der Waals surface area contributed by atoms with Crippen LogP contribution in [0.5, 0.6) is 11.8 Å². The summed E-state index contributed by atoms with van der Waals surface area (Å²) in [7, 11) is 0. The lowest BCUT2D eigenvalue weighted by Crippen LogP contribution is -1.97. The Morgan fingerprint density at radius 2 is 2.11 bits per heavy atom. The molecule has 0 amide bonds. The zero-order valence-electron chi connectivity index (χ0n) is 9.89. The molecule has 0 spiro atoms. The van der Waals surface area contributed by atoms with E-state index in [0.717, 1.165) is 20.8 Å². The molecule has 0 radical (unpaired) electrons. The summed E-state index contributed by atoms with van der Waals surface area (Å²) in [6, 6.07) is 3.78. The third kappa shape index (κ3) is 1.88. The van der Waals surface area contributed by atoms with E-state index in [1.165, 1.54) is 0 Å². The van der Waals surface area contributed by atoms with Crippen LogP contribution >= 0.6 is 11.3 Å². The van der Waals surface area contributed by atoms with Gasteiger partial charge >= 0.3 is 0 Å². The average Bonchev–Trinajstić information content (AvgIpc) is 2.84. The van der Waals surface area contributed by atoms with Crippen LogP contribution in [0.2, 0.25) is 0 Å². The van der Waals surface area contributed by atoms with E-state index in [4.69, 9.17) is 10.5 Å². The summed E-state index contributed by atoms with van der Waals surface area (Å²) in [6.07, 6.45) is 0. The van der Waals surface area contributed by atoms with E-state index in [1.807, 2.05) is 19.9 Å². The molecule has 92 valence electrons. The minimum atomic E-state index is 0.201. The Morgan fingerprint density at radius 1 is 1.28 bits per heavy atom. The van der Waals surface area contributed by atoms with Crippen molar-refractivity contribution in [2.24, 2.45) is 0 Å². The topological polar surface area (TPSA) is 89.7 Å². The number of nitrogen functional groups attached to an aromatic ring is 1. The molecule has 0 aromatic carbocycles. The van der Waals surface area contributed by atoms with Crippen molar-refractivity contribution < 1.29 is 4.74 Å². The van der Waals surface area contributed by atoms with Crippen molar-refractivity contribution >= 4 is 27.5 Å². The fourth-order valence-electron chi connectivity index (χ4n) is 1.65. The lowest BCUT2D eigenvalue weighted by molar-refractivity contribution is 0.449. The fraction of sp³-hybridized carbons (Fsp3) is 0.182. The van der Waals surface area contributed by atoms with E-state index in [0.29, 0.717) is 11.8 Å². The van der Waals surface area contributed by atoms with Crippen molar-refractivity contribution in [2.75, 3.05) is 5.73 Å². The second-order valence-electron chi connectivity index (χ2n) is 3.95. The second-order valence-corrected chi connectivity index (χ2v) is 5.19. The number of fused-ring (bicyclic) bond motifs is 1. The lowest BCUT2D eigenvalue weighted by Gasteiger charge is -2.02. The number of nitrogens with one attached hydrogen (secondary N) is 1. The number of nitrogens with two attached hydrogens (primary N) is 1. The van der Waals surface area contributed by atoms with E-state index < -0.39 is 0 Å². The number of aromatic amines is 1. The molecule has 3 aromatic heterocycles. The Kier molecular flexibility index (Phi) is 2.41. The van der Waals surface area contributed by atoms with Gasteiger partial charge in [-0.15, -0.1) is 16.4 Å². The second kappa shape index (κ2) is 3.95. The maximum absolute atomic E-state index is 5.67. The molecule has 3 rings (SSSR count). The number of anilines is 1. The molecule has 0 aliphatic carbocycles. The van der Waals surface area contributed by atoms with Gasteiger partial charge in [-0.05, 0) is 19.9 Å². The minimum Gasteiger partial charge on any atom is -0.418 e. The molecule has 6 nitrogen and oxygen atoms in total. The van der Waals surface area contributed by atoms with Crippen molar-refractivity contribution in [3.05, 3.63) is 22.7 Å². The maximum Gasteiger partial charge on any atom is 0.240 e. The maximum atomic E-state index is 5.67. The van der Waals surface area contributed by atoms with Crippen LogP contribution in [0.15, 0.2) is 12.1 Å². The van der Waals surface area contributed by atoms with Crippen LogP contribution in [0, 0.1) is 13.8 Å². The molecule has 0 unspecified atom stereocenters. The Hall–Kier alpha value is -2.15. The van der Waals surface area contributed by atoms with Gasteiger partial charge < -0.3 is 10.5 Å². The molecule has 0 saturated carbocycles. The van der Waals surface area contributed by atoms with Crippen LogP contribution in [0.3, 0.4) is 0 Å². The third-order valence-corrected chi connectivity index (χ3v) is 3.33. The molecular weight excluding hydrogens is 250 g/mol. The van der Waals surface area contributed by atoms with Gasteiger partial charge in [0.15, 0.2) is 0 Å². The van der Waals surface area contributed by atoms with Gasteiger partial charge in [-0.3, -0.25) is 5.10 Å². The molecule has 3 heterocycles. The van der Waals surface area contributed by atoms with Gasteiger partial charge in [-0.25, -0.2) is 4.98 Å². The van der Waals surface area contributed by atoms with Crippen LogP contribution < -0.4 is 10.5 Å². The van der Waals surface area contributed by atoms with Crippen molar-refractivity contribution in [1.82, 2.24) is 20.2 Å². The Labute approximate surface area is 107 Å². The highest BCUT2D eigenvalue weighted by Crippen LogP contribution is 2.32. The predicted octanol–water partition coefficient (Wildman–Crippen LogP) is 2.41. The van der Waals surface area contributed by atoms with Gasteiger partial charge in [0.25, 0.3) is 0 Å². The summed E-state index contributed by atoms with van der Waals surface area (Å²) in [5.74, 6) is 1.11. The zero-order valence-corrected chi connectivity index (χ0v) is 10.7. The Morgan fingerprint density at radius 3 is 2.83 bits per heavy atom. The SMILES string of the molecule is Cc1cc(Oc2nc(N)nc3sc(C)cc23)n[nH]1. The van der Waals surface area contributed by atoms with Crippen molar-refractivity contribution in [3.63, 3.8) is 0 Å². The highest BCUT2D eigenvalue weighted by atomic mass is 32.1. The van der Waals surface area contributed by atoms with Crippen molar-refractivity contribution in [2.45, 2.75) is 13.8 Å². The van der Waals surface area contributed by atoms with Crippen molar-refractivity contribution in [3.8, 4) is 11.8 Å². The van der Waals surface area contributed by atoms with E-state index in [1.54, 1.807) is 17.4 Å². The fourth-order valence-corrected chi connectivity index (χ4v) is 2.53. The van der Waals surface area contributed by atoms with Crippen molar-refractivity contribution in [1.29, 1.82) is 0 Å². The van der Waals surface area contributed by atoms with E-state index in [2.05, 4.69) is 20.2 Å².